The van der Waals surface area contributed by atoms with Gasteiger partial charge in [0.2, 0.25) is 5.88 Å². The van der Waals surface area contributed by atoms with Crippen LogP contribution in [0.2, 0.25) is 0 Å². The molecule has 1 amide bonds. The molecule has 0 fully saturated rings. The molecule has 0 unspecified atom stereocenters. The van der Waals surface area contributed by atoms with Crippen LogP contribution in [-0.4, -0.2) is 75.8 Å². The van der Waals surface area contributed by atoms with Crippen LogP contribution in [0, 0.1) is 11.7 Å². The Hall–Kier alpha value is -3.82. The third kappa shape index (κ3) is 6.00. The molecule has 9 heteroatoms. The molecule has 0 spiro atoms. The van der Waals surface area contributed by atoms with Crippen molar-refractivity contribution in [3.63, 3.8) is 0 Å². The van der Waals surface area contributed by atoms with E-state index >= 15 is 0 Å². The number of carbonyl (C=O) groups is 2. The number of hydrogen-bond donors (Lipinski definition) is 2. The normalized spacial score (nSPS) is 18.4. The Kier molecular flexibility index (Phi) is 8.38. The summed E-state index contributed by atoms with van der Waals surface area (Å²) in [6.45, 7) is 4.86. The van der Waals surface area contributed by atoms with Gasteiger partial charge in [0.05, 0.1) is 18.2 Å². The fourth-order valence-electron chi connectivity index (χ4n) is 4.65. The topological polar surface area (TPSA) is 103 Å². The number of carboxylic acid groups (broad SMARTS) is 1. The highest BCUT2D eigenvalue weighted by atomic mass is 19.1. The predicted octanol–water partition coefficient (Wildman–Crippen LogP) is 3.94. The minimum absolute atomic E-state index is 0.109. The SMILES string of the molecule is C[C@@H]1CN([C@@H](C)CO)C(=O)c2cc(-c3ccccc3F)cnc2O[C@@H]1CN(C)Cc1cccc(C(=O)O)c1. The van der Waals surface area contributed by atoms with E-state index < -0.39 is 17.8 Å². The maximum atomic E-state index is 14.5. The molecule has 8 nitrogen and oxygen atoms in total. The van der Waals surface area contributed by atoms with E-state index in [0.717, 1.165) is 5.56 Å². The Morgan fingerprint density at radius 2 is 1.97 bits per heavy atom. The zero-order chi connectivity index (χ0) is 27.4. The summed E-state index contributed by atoms with van der Waals surface area (Å²) in [5, 5.41) is 19.2. The number of aliphatic hydroxyl groups excluding tert-OH is 1. The number of aromatic nitrogens is 1. The third-order valence-corrected chi connectivity index (χ3v) is 6.82. The predicted molar refractivity (Wildman–Crippen MR) is 141 cm³/mol. The number of halogens is 1. The Morgan fingerprint density at radius 1 is 1.21 bits per heavy atom. The molecule has 1 aliphatic heterocycles. The number of pyridine rings is 1. The minimum Gasteiger partial charge on any atom is -0.478 e. The number of amides is 1. The van der Waals surface area contributed by atoms with Crippen LogP contribution in [0.4, 0.5) is 4.39 Å². The number of likely N-dealkylation sites (N-methyl/N-ethyl adjacent to an activating group) is 1. The quantitative estimate of drug-likeness (QED) is 0.463. The Labute approximate surface area is 221 Å². The number of benzene rings is 2. The number of rotatable bonds is 8. The smallest absolute Gasteiger partial charge is 0.335 e. The third-order valence-electron chi connectivity index (χ3n) is 6.82. The highest BCUT2D eigenvalue weighted by molar-refractivity contribution is 5.98. The number of ether oxygens (including phenoxy) is 1. The molecule has 0 saturated carbocycles. The second-order valence-electron chi connectivity index (χ2n) is 9.88. The summed E-state index contributed by atoms with van der Waals surface area (Å²) in [6, 6.07) is 14.2. The van der Waals surface area contributed by atoms with Crippen LogP contribution in [0.25, 0.3) is 11.1 Å². The second-order valence-corrected chi connectivity index (χ2v) is 9.88. The second kappa shape index (κ2) is 11.7. The lowest BCUT2D eigenvalue weighted by molar-refractivity contribution is 0.0325. The summed E-state index contributed by atoms with van der Waals surface area (Å²) in [5.41, 5.74) is 2.07. The largest absolute Gasteiger partial charge is 0.478 e. The molecule has 38 heavy (non-hydrogen) atoms. The van der Waals surface area contributed by atoms with E-state index in [0.29, 0.717) is 30.8 Å². The summed E-state index contributed by atoms with van der Waals surface area (Å²) in [6.07, 6.45) is 1.13. The molecule has 2 heterocycles. The summed E-state index contributed by atoms with van der Waals surface area (Å²) in [5.74, 6) is -1.69. The summed E-state index contributed by atoms with van der Waals surface area (Å²) in [4.78, 5) is 33.0. The molecule has 3 atom stereocenters. The highest BCUT2D eigenvalue weighted by Crippen LogP contribution is 2.31. The maximum Gasteiger partial charge on any atom is 0.335 e. The zero-order valence-corrected chi connectivity index (χ0v) is 21.7. The maximum absolute atomic E-state index is 14.5. The van der Waals surface area contributed by atoms with Crippen molar-refractivity contribution >= 4 is 11.9 Å². The minimum atomic E-state index is -0.980. The number of carboxylic acids is 1. The lowest BCUT2D eigenvalue weighted by Gasteiger charge is -2.37. The van der Waals surface area contributed by atoms with Crippen LogP contribution < -0.4 is 4.74 Å². The van der Waals surface area contributed by atoms with E-state index in [9.17, 15) is 24.2 Å². The molecule has 0 bridgehead atoms. The molecule has 0 aliphatic carbocycles. The van der Waals surface area contributed by atoms with E-state index in [-0.39, 0.29) is 41.5 Å². The molecule has 3 aromatic rings. The van der Waals surface area contributed by atoms with Gasteiger partial charge in [-0.25, -0.2) is 14.2 Å². The number of aliphatic hydroxyl groups is 1. The number of aromatic carboxylic acids is 1. The summed E-state index contributed by atoms with van der Waals surface area (Å²) >= 11 is 0. The standard InChI is InChI=1S/C29H32FN3O5/c1-18-14-33(19(2)17-34)28(35)24-12-22(23-9-4-5-10-25(23)30)13-31-27(24)38-26(18)16-32(3)15-20-7-6-8-21(11-20)29(36)37/h4-13,18-19,26,34H,14-17H2,1-3H3,(H,36,37)/t18-,19+,26-/m1/s1. The van der Waals surface area contributed by atoms with Crippen molar-refractivity contribution < 1.29 is 28.9 Å². The van der Waals surface area contributed by atoms with E-state index in [4.69, 9.17) is 4.74 Å². The molecule has 2 aromatic carbocycles. The number of carbonyl (C=O) groups excluding carboxylic acids is 1. The Morgan fingerprint density at radius 3 is 2.68 bits per heavy atom. The fraction of sp³-hybridized carbons (Fsp3) is 0.345. The number of fused-ring (bicyclic) bond motifs is 1. The fourth-order valence-corrected chi connectivity index (χ4v) is 4.65. The first-order valence-corrected chi connectivity index (χ1v) is 12.5. The molecular formula is C29H32FN3O5. The van der Waals surface area contributed by atoms with Crippen molar-refractivity contribution in [3.05, 3.63) is 83.3 Å². The van der Waals surface area contributed by atoms with Gasteiger partial charge in [-0.2, -0.15) is 0 Å². The van der Waals surface area contributed by atoms with Crippen LogP contribution in [0.3, 0.4) is 0 Å². The molecule has 4 rings (SSSR count). The van der Waals surface area contributed by atoms with Crippen molar-refractivity contribution in [2.24, 2.45) is 5.92 Å². The van der Waals surface area contributed by atoms with Gasteiger partial charge in [0, 0.05) is 42.9 Å². The van der Waals surface area contributed by atoms with Gasteiger partial charge in [-0.15, -0.1) is 0 Å². The van der Waals surface area contributed by atoms with E-state index in [1.165, 1.54) is 12.3 Å². The zero-order valence-electron chi connectivity index (χ0n) is 21.7. The Balaban J connectivity index is 1.64. The van der Waals surface area contributed by atoms with Crippen molar-refractivity contribution in [1.29, 1.82) is 0 Å². The van der Waals surface area contributed by atoms with Gasteiger partial charge in [0.1, 0.15) is 17.5 Å². The number of nitrogens with zero attached hydrogens (tertiary/aromatic N) is 3. The summed E-state index contributed by atoms with van der Waals surface area (Å²) in [7, 11) is 1.91. The first kappa shape index (κ1) is 27.2. The van der Waals surface area contributed by atoms with Crippen molar-refractivity contribution in [3.8, 4) is 17.0 Å². The van der Waals surface area contributed by atoms with Crippen molar-refractivity contribution in [1.82, 2.24) is 14.8 Å². The van der Waals surface area contributed by atoms with Gasteiger partial charge in [-0.3, -0.25) is 9.69 Å². The lowest BCUT2D eigenvalue weighted by atomic mass is 9.99. The molecule has 1 aromatic heterocycles. The lowest BCUT2D eigenvalue weighted by Crippen LogP contribution is -2.49. The average Bonchev–Trinajstić information content (AvgIpc) is 2.90. The molecule has 1 aliphatic rings. The van der Waals surface area contributed by atoms with Gasteiger partial charge in [-0.1, -0.05) is 37.3 Å². The van der Waals surface area contributed by atoms with Gasteiger partial charge >= 0.3 is 5.97 Å². The van der Waals surface area contributed by atoms with Crippen LogP contribution in [0.5, 0.6) is 5.88 Å². The molecular weight excluding hydrogens is 489 g/mol. The van der Waals surface area contributed by atoms with E-state index in [1.54, 1.807) is 54.3 Å². The first-order valence-electron chi connectivity index (χ1n) is 12.5. The first-order chi connectivity index (χ1) is 18.2. The van der Waals surface area contributed by atoms with Crippen LogP contribution in [0.1, 0.15) is 40.1 Å². The molecule has 2 N–H and O–H groups in total. The van der Waals surface area contributed by atoms with Gasteiger partial charge in [-0.05, 0) is 43.8 Å². The molecule has 200 valence electrons. The van der Waals surface area contributed by atoms with E-state index in [1.807, 2.05) is 24.9 Å². The van der Waals surface area contributed by atoms with Gasteiger partial charge in [0.25, 0.3) is 5.91 Å². The molecule has 0 radical (unpaired) electrons. The van der Waals surface area contributed by atoms with Crippen LogP contribution >= 0.6 is 0 Å². The monoisotopic (exact) mass is 521 g/mol. The Bertz CT molecular complexity index is 1320. The van der Waals surface area contributed by atoms with Crippen molar-refractivity contribution in [2.45, 2.75) is 32.5 Å². The van der Waals surface area contributed by atoms with E-state index in [2.05, 4.69) is 4.98 Å². The van der Waals surface area contributed by atoms with Gasteiger partial charge < -0.3 is 19.8 Å². The average molecular weight is 522 g/mol. The highest BCUT2D eigenvalue weighted by Gasteiger charge is 2.34. The van der Waals surface area contributed by atoms with Crippen LogP contribution in [0.15, 0.2) is 60.8 Å². The van der Waals surface area contributed by atoms with Crippen molar-refractivity contribution in [2.75, 3.05) is 26.7 Å². The molecule has 0 saturated heterocycles. The van der Waals surface area contributed by atoms with Crippen LogP contribution in [-0.2, 0) is 6.54 Å². The van der Waals surface area contributed by atoms with Gasteiger partial charge in [0.15, 0.2) is 0 Å². The number of hydrogen-bond acceptors (Lipinski definition) is 6. The summed E-state index contributed by atoms with van der Waals surface area (Å²) < 4.78 is 20.8.